The van der Waals surface area contributed by atoms with E-state index in [1.807, 2.05) is 0 Å². The lowest BCUT2D eigenvalue weighted by Gasteiger charge is -2.15. The van der Waals surface area contributed by atoms with Gasteiger partial charge in [-0.3, -0.25) is 0 Å². The van der Waals surface area contributed by atoms with Crippen LogP contribution in [0.2, 0.25) is 10.0 Å². The smallest absolute Gasteiger partial charge is 0.243 e. The maximum Gasteiger partial charge on any atom is 0.243 e. The lowest BCUT2D eigenvalue weighted by molar-refractivity contribution is 0.477. The lowest BCUT2D eigenvalue weighted by atomic mass is 10.3. The highest BCUT2D eigenvalue weighted by Gasteiger charge is 2.27. The molecule has 4 aromatic rings. The lowest BCUT2D eigenvalue weighted by Crippen LogP contribution is -2.27. The quantitative estimate of drug-likeness (QED) is 0.314. The largest absolute Gasteiger partial charge is 0.338 e. The minimum atomic E-state index is -3.46. The number of halogens is 2. The molecule has 0 aliphatic carbocycles. The molecule has 176 valence electrons. The Hall–Kier alpha value is -2.50. The molecule has 0 atom stereocenters. The average Bonchev–Trinajstić information content (AvgIpc) is 3.47. The number of para-hydroxylation sites is 1. The number of hydrogen-bond donors (Lipinski definition) is 2. The molecule has 3 heterocycles. The third-order valence-electron chi connectivity index (χ3n) is 5.39. The second-order valence-electron chi connectivity index (χ2n) is 7.77. The van der Waals surface area contributed by atoms with Gasteiger partial charge in [0.2, 0.25) is 10.0 Å². The highest BCUT2D eigenvalue weighted by Crippen LogP contribution is 2.36. The summed E-state index contributed by atoms with van der Waals surface area (Å²) in [7, 11) is -3.46. The van der Waals surface area contributed by atoms with Crippen LogP contribution in [0.3, 0.4) is 0 Å². The van der Waals surface area contributed by atoms with E-state index in [1.54, 1.807) is 49.4 Å². The summed E-state index contributed by atoms with van der Waals surface area (Å²) >= 11 is 13.9. The number of rotatable bonds is 6. The Labute approximate surface area is 211 Å². The molecule has 0 unspecified atom stereocenters. The minimum Gasteiger partial charge on any atom is -0.338 e. The Morgan fingerprint density at radius 2 is 1.62 bits per heavy atom. The topological polar surface area (TPSA) is 100 Å². The van der Waals surface area contributed by atoms with Gasteiger partial charge in [-0.15, -0.1) is 0 Å². The number of aryl methyl sites for hydroxylation is 1. The number of aromatic nitrogens is 3. The van der Waals surface area contributed by atoms with E-state index in [1.165, 1.54) is 15.6 Å². The zero-order valence-electron chi connectivity index (χ0n) is 18.0. The second-order valence-corrected chi connectivity index (χ2v) is 11.5. The second kappa shape index (κ2) is 9.27. The first-order valence-corrected chi connectivity index (χ1v) is 13.6. The summed E-state index contributed by atoms with van der Waals surface area (Å²) in [6, 6.07) is 11.9. The molecule has 1 saturated heterocycles. The van der Waals surface area contributed by atoms with Crippen molar-refractivity contribution < 1.29 is 8.42 Å². The van der Waals surface area contributed by atoms with Crippen molar-refractivity contribution in [1.29, 1.82) is 0 Å². The SMILES string of the molecule is Cc1nc(Nc2ccc(S(=O)(=O)N3CCCC3)cc2)c2nc(Nc3c(Cl)cccc3Cl)sc2n1. The van der Waals surface area contributed by atoms with Crippen molar-refractivity contribution in [2.75, 3.05) is 23.7 Å². The van der Waals surface area contributed by atoms with Crippen LogP contribution in [0, 0.1) is 6.92 Å². The van der Waals surface area contributed by atoms with Gasteiger partial charge in [0.25, 0.3) is 0 Å². The highest BCUT2D eigenvalue weighted by molar-refractivity contribution is 7.89. The molecular weight excluding hydrogens is 515 g/mol. The monoisotopic (exact) mass is 534 g/mol. The van der Waals surface area contributed by atoms with Gasteiger partial charge in [-0.05, 0) is 56.2 Å². The van der Waals surface area contributed by atoms with E-state index in [4.69, 9.17) is 23.2 Å². The Morgan fingerprint density at radius 1 is 0.941 bits per heavy atom. The highest BCUT2D eigenvalue weighted by atomic mass is 35.5. The number of thiazole rings is 1. The summed E-state index contributed by atoms with van der Waals surface area (Å²) in [4.78, 5) is 14.6. The van der Waals surface area contributed by atoms with E-state index in [2.05, 4.69) is 25.6 Å². The Morgan fingerprint density at radius 3 is 2.29 bits per heavy atom. The molecule has 0 radical (unpaired) electrons. The van der Waals surface area contributed by atoms with Crippen LogP contribution in [0.5, 0.6) is 0 Å². The van der Waals surface area contributed by atoms with E-state index in [-0.39, 0.29) is 4.90 Å². The molecule has 34 heavy (non-hydrogen) atoms. The number of fused-ring (bicyclic) bond motifs is 1. The van der Waals surface area contributed by atoms with E-state index in [9.17, 15) is 8.42 Å². The first-order valence-electron chi connectivity index (χ1n) is 10.5. The summed E-state index contributed by atoms with van der Waals surface area (Å²) in [5, 5.41) is 7.94. The Bertz CT molecular complexity index is 1450. The molecule has 0 bridgehead atoms. The summed E-state index contributed by atoms with van der Waals surface area (Å²) in [6.45, 7) is 2.94. The number of anilines is 4. The van der Waals surface area contributed by atoms with Gasteiger partial charge in [0.1, 0.15) is 11.3 Å². The van der Waals surface area contributed by atoms with Gasteiger partial charge in [-0.2, -0.15) is 4.31 Å². The van der Waals surface area contributed by atoms with Crippen molar-refractivity contribution in [1.82, 2.24) is 19.3 Å². The fraction of sp³-hybridized carbons (Fsp3) is 0.227. The van der Waals surface area contributed by atoms with Crippen molar-refractivity contribution in [3.05, 3.63) is 58.3 Å². The summed E-state index contributed by atoms with van der Waals surface area (Å²) in [5.41, 5.74) is 1.84. The van der Waals surface area contributed by atoms with Crippen molar-refractivity contribution in [2.24, 2.45) is 0 Å². The molecule has 0 amide bonds. The molecule has 2 aromatic carbocycles. The van der Waals surface area contributed by atoms with Gasteiger partial charge in [-0.1, -0.05) is 40.6 Å². The van der Waals surface area contributed by atoms with Gasteiger partial charge in [0.15, 0.2) is 15.8 Å². The van der Waals surface area contributed by atoms with Crippen molar-refractivity contribution in [3.63, 3.8) is 0 Å². The predicted molar refractivity (Wildman–Crippen MR) is 137 cm³/mol. The normalized spacial score (nSPS) is 14.6. The fourth-order valence-electron chi connectivity index (χ4n) is 3.72. The van der Waals surface area contributed by atoms with Crippen LogP contribution >= 0.6 is 34.5 Å². The van der Waals surface area contributed by atoms with E-state index >= 15 is 0 Å². The first kappa shape index (κ1) is 23.3. The van der Waals surface area contributed by atoms with Gasteiger partial charge in [0.05, 0.1) is 20.6 Å². The molecule has 0 spiro atoms. The number of hydrogen-bond acceptors (Lipinski definition) is 8. The molecule has 12 heteroatoms. The molecule has 5 rings (SSSR count). The maximum absolute atomic E-state index is 12.8. The third-order valence-corrected chi connectivity index (χ3v) is 8.79. The van der Waals surface area contributed by atoms with Crippen LogP contribution in [-0.2, 0) is 10.0 Å². The molecule has 8 nitrogen and oxygen atoms in total. The number of sulfonamides is 1. The molecule has 2 aromatic heterocycles. The van der Waals surface area contributed by atoms with E-state index in [0.717, 1.165) is 12.8 Å². The van der Waals surface area contributed by atoms with Crippen LogP contribution in [-0.4, -0.2) is 40.8 Å². The molecule has 1 aliphatic rings. The van der Waals surface area contributed by atoms with E-state index in [0.29, 0.717) is 61.6 Å². The maximum atomic E-state index is 12.8. The van der Waals surface area contributed by atoms with Crippen molar-refractivity contribution in [3.8, 4) is 0 Å². The van der Waals surface area contributed by atoms with E-state index < -0.39 is 10.0 Å². The zero-order chi connectivity index (χ0) is 23.9. The molecule has 0 saturated carbocycles. The third kappa shape index (κ3) is 4.56. The van der Waals surface area contributed by atoms with Crippen LogP contribution in [0.25, 0.3) is 10.3 Å². The van der Waals surface area contributed by atoms with Crippen molar-refractivity contribution >= 4 is 77.2 Å². The van der Waals surface area contributed by atoms with Crippen LogP contribution in [0.15, 0.2) is 47.4 Å². The Kier molecular flexibility index (Phi) is 6.34. The predicted octanol–water partition coefficient (Wildman–Crippen LogP) is 5.97. The van der Waals surface area contributed by atoms with Gasteiger partial charge >= 0.3 is 0 Å². The van der Waals surface area contributed by atoms with Crippen LogP contribution < -0.4 is 10.6 Å². The van der Waals surface area contributed by atoms with Gasteiger partial charge in [0, 0.05) is 18.8 Å². The van der Waals surface area contributed by atoms with Crippen LogP contribution in [0.1, 0.15) is 18.7 Å². The average molecular weight is 535 g/mol. The standard InChI is InChI=1S/C22H20Cl2N6O2S2/c1-13-25-20(27-14-7-9-15(10-8-14)34(31,32)30-11-2-3-12-30)19-21(26-13)33-22(29-19)28-18-16(23)5-4-6-17(18)24/h4-10H,2-3,11-12H2,1H3,(H,28,29)(H,25,26,27). The molecule has 1 fully saturated rings. The summed E-state index contributed by atoms with van der Waals surface area (Å²) in [6.07, 6.45) is 1.80. The van der Waals surface area contributed by atoms with Crippen LogP contribution in [0.4, 0.5) is 22.3 Å². The van der Waals surface area contributed by atoms with Gasteiger partial charge in [-0.25, -0.2) is 23.4 Å². The fourth-order valence-corrected chi connectivity index (χ4v) is 6.62. The molecular formula is C22H20Cl2N6O2S2. The molecule has 2 N–H and O–H groups in total. The number of nitrogens with one attached hydrogen (secondary N) is 2. The van der Waals surface area contributed by atoms with Crippen molar-refractivity contribution in [2.45, 2.75) is 24.7 Å². The molecule has 1 aliphatic heterocycles. The zero-order valence-corrected chi connectivity index (χ0v) is 21.2. The van der Waals surface area contributed by atoms with Gasteiger partial charge < -0.3 is 10.6 Å². The minimum absolute atomic E-state index is 0.278. The Balaban J connectivity index is 1.42. The summed E-state index contributed by atoms with van der Waals surface area (Å²) < 4.78 is 27.1. The number of nitrogens with zero attached hydrogens (tertiary/aromatic N) is 4. The number of benzene rings is 2. The first-order chi connectivity index (χ1) is 16.3. The summed E-state index contributed by atoms with van der Waals surface area (Å²) in [5.74, 6) is 1.10.